The maximum atomic E-state index is 13.3. The van der Waals surface area contributed by atoms with Crippen molar-refractivity contribution >= 4 is 34.7 Å². The molecule has 2 aromatic rings. The largest absolute Gasteiger partial charge is 0.373 e. The van der Waals surface area contributed by atoms with Gasteiger partial charge in [0.2, 0.25) is 11.8 Å². The van der Waals surface area contributed by atoms with Crippen LogP contribution in [0, 0.1) is 12.8 Å². The lowest BCUT2D eigenvalue weighted by Gasteiger charge is -2.36. The minimum atomic E-state index is -0.374. The molecule has 0 saturated heterocycles. The number of benzene rings is 1. The van der Waals surface area contributed by atoms with Crippen LogP contribution in [0.4, 0.5) is 5.69 Å². The molecule has 2 aliphatic heterocycles. The van der Waals surface area contributed by atoms with Crippen LogP contribution in [0.25, 0.3) is 0 Å². The highest BCUT2D eigenvalue weighted by atomic mass is 32.1. The molecular formula is C26H34N6O3S. The second kappa shape index (κ2) is 10.2. The summed E-state index contributed by atoms with van der Waals surface area (Å²) in [5.74, 6) is -0.551. The fourth-order valence-corrected chi connectivity index (χ4v) is 6.62. The van der Waals surface area contributed by atoms with Crippen molar-refractivity contribution in [2.75, 3.05) is 26.0 Å². The number of carbonyl (C=O) groups excluding carboxylic acids is 3. The van der Waals surface area contributed by atoms with Crippen LogP contribution in [0.3, 0.4) is 0 Å². The number of hydrogen-bond acceptors (Lipinski definition) is 7. The van der Waals surface area contributed by atoms with E-state index in [9.17, 15) is 14.4 Å². The van der Waals surface area contributed by atoms with Gasteiger partial charge in [0.15, 0.2) is 5.01 Å². The summed E-state index contributed by atoms with van der Waals surface area (Å²) in [5.41, 5.74) is 4.29. The number of rotatable bonds is 5. The number of nitrogens with zero attached hydrogens (tertiary/aromatic N) is 2. The molecule has 3 aliphatic rings. The molecule has 192 valence electrons. The maximum Gasteiger partial charge on any atom is 0.280 e. The van der Waals surface area contributed by atoms with Gasteiger partial charge >= 0.3 is 0 Å². The summed E-state index contributed by atoms with van der Waals surface area (Å²) in [6, 6.07) is 5.16. The first-order valence-corrected chi connectivity index (χ1v) is 13.5. The van der Waals surface area contributed by atoms with Gasteiger partial charge in [-0.3, -0.25) is 14.4 Å². The van der Waals surface area contributed by atoms with Gasteiger partial charge in [-0.1, -0.05) is 17.7 Å². The predicted molar refractivity (Wildman–Crippen MR) is 139 cm³/mol. The number of hydrogen-bond donors (Lipinski definition) is 4. The van der Waals surface area contributed by atoms with Gasteiger partial charge in [0.1, 0.15) is 6.04 Å². The third-order valence-electron chi connectivity index (χ3n) is 7.56. The van der Waals surface area contributed by atoms with E-state index in [0.29, 0.717) is 30.7 Å². The summed E-state index contributed by atoms with van der Waals surface area (Å²) in [6.45, 7) is 3.79. The third kappa shape index (κ3) is 5.10. The molecule has 3 heterocycles. The molecule has 3 amide bonds. The van der Waals surface area contributed by atoms with E-state index in [1.165, 1.54) is 11.3 Å². The van der Waals surface area contributed by atoms with E-state index in [1.807, 2.05) is 19.1 Å². The number of amides is 3. The molecule has 0 radical (unpaired) electrons. The highest BCUT2D eigenvalue weighted by Crippen LogP contribution is 2.29. The second-order valence-corrected chi connectivity index (χ2v) is 11.3. The zero-order valence-electron chi connectivity index (χ0n) is 21.0. The van der Waals surface area contributed by atoms with Crippen molar-refractivity contribution in [3.8, 4) is 0 Å². The van der Waals surface area contributed by atoms with Crippen molar-refractivity contribution in [1.29, 1.82) is 0 Å². The van der Waals surface area contributed by atoms with Crippen LogP contribution < -0.4 is 21.3 Å². The first kappa shape index (κ1) is 24.7. The van der Waals surface area contributed by atoms with Crippen LogP contribution >= 0.6 is 11.3 Å². The summed E-state index contributed by atoms with van der Waals surface area (Å²) in [4.78, 5) is 46.8. The Morgan fingerprint density at radius 2 is 1.97 bits per heavy atom. The fourth-order valence-electron chi connectivity index (χ4n) is 5.53. The number of aryl methyl sites for hydroxylation is 1. The summed E-state index contributed by atoms with van der Waals surface area (Å²) < 4.78 is 0. The van der Waals surface area contributed by atoms with E-state index in [1.54, 1.807) is 7.05 Å². The number of carbonyl (C=O) groups is 3. The normalized spacial score (nSPS) is 25.3. The standard InChI is InChI=1S/C26H34N6O3S/c1-14-4-6-17-16(10-14)12-21(28-17)24(34)30-20-11-15(23(33)27-2)5-7-18(20)29-25(35)26-31-19-8-9-32(3)13-22(19)36-26/h4,6,10,15,18,20-21,28H,5,7-9,11-13H2,1-3H3,(H,27,33)(H,29,35)(H,30,34)/t15-,18+,20-,21?/m0/s1. The highest BCUT2D eigenvalue weighted by molar-refractivity contribution is 7.13. The minimum absolute atomic E-state index is 0.0300. The van der Waals surface area contributed by atoms with Gasteiger partial charge in [0, 0.05) is 61.5 Å². The number of thiazole rings is 1. The van der Waals surface area contributed by atoms with Gasteiger partial charge in [-0.2, -0.15) is 0 Å². The van der Waals surface area contributed by atoms with Crippen molar-refractivity contribution in [3.05, 3.63) is 44.9 Å². The van der Waals surface area contributed by atoms with E-state index in [0.717, 1.165) is 46.9 Å². The first-order chi connectivity index (χ1) is 17.3. The maximum absolute atomic E-state index is 13.3. The molecule has 4 atom stereocenters. The molecule has 1 saturated carbocycles. The zero-order chi connectivity index (χ0) is 25.4. The smallest absolute Gasteiger partial charge is 0.280 e. The van der Waals surface area contributed by atoms with Gasteiger partial charge in [0.05, 0.1) is 5.69 Å². The lowest BCUT2D eigenvalue weighted by Crippen LogP contribution is -2.57. The number of aromatic nitrogens is 1. The van der Waals surface area contributed by atoms with Crippen molar-refractivity contribution < 1.29 is 14.4 Å². The van der Waals surface area contributed by atoms with Crippen molar-refractivity contribution in [2.24, 2.45) is 5.92 Å². The molecule has 1 unspecified atom stereocenters. The van der Waals surface area contributed by atoms with Gasteiger partial charge < -0.3 is 26.2 Å². The van der Waals surface area contributed by atoms with Crippen LogP contribution in [-0.4, -0.2) is 66.4 Å². The monoisotopic (exact) mass is 510 g/mol. The summed E-state index contributed by atoms with van der Waals surface area (Å²) in [5, 5.41) is 12.8. The second-order valence-electron chi connectivity index (χ2n) is 10.3. The van der Waals surface area contributed by atoms with Crippen LogP contribution in [0.15, 0.2) is 18.2 Å². The molecule has 5 rings (SSSR count). The third-order valence-corrected chi connectivity index (χ3v) is 8.64. The topological polar surface area (TPSA) is 115 Å². The Hall–Kier alpha value is -2.98. The Balaban J connectivity index is 1.28. The molecule has 1 aliphatic carbocycles. The molecule has 1 aromatic carbocycles. The fraction of sp³-hybridized carbons (Fsp3) is 0.538. The molecule has 9 nitrogen and oxygen atoms in total. The Kier molecular flexibility index (Phi) is 6.98. The van der Waals surface area contributed by atoms with Gasteiger partial charge in [-0.05, 0) is 44.9 Å². The summed E-state index contributed by atoms with van der Waals surface area (Å²) in [7, 11) is 3.70. The lowest BCUT2D eigenvalue weighted by atomic mass is 9.81. The van der Waals surface area contributed by atoms with Crippen LogP contribution in [0.2, 0.25) is 0 Å². The van der Waals surface area contributed by atoms with Crippen LogP contribution in [0.1, 0.15) is 50.8 Å². The van der Waals surface area contributed by atoms with Gasteiger partial charge in [-0.25, -0.2) is 4.98 Å². The molecule has 36 heavy (non-hydrogen) atoms. The van der Waals surface area contributed by atoms with E-state index >= 15 is 0 Å². The van der Waals surface area contributed by atoms with Crippen molar-refractivity contribution in [2.45, 2.75) is 63.7 Å². The molecular weight excluding hydrogens is 476 g/mol. The zero-order valence-corrected chi connectivity index (χ0v) is 21.8. The molecule has 10 heteroatoms. The Morgan fingerprint density at radius 3 is 2.78 bits per heavy atom. The number of anilines is 1. The van der Waals surface area contributed by atoms with Gasteiger partial charge in [-0.15, -0.1) is 11.3 Å². The van der Waals surface area contributed by atoms with Crippen LogP contribution in [-0.2, 0) is 29.0 Å². The number of nitrogens with one attached hydrogen (secondary N) is 4. The first-order valence-electron chi connectivity index (χ1n) is 12.7. The van der Waals surface area contributed by atoms with E-state index in [2.05, 4.69) is 44.3 Å². The molecule has 1 aromatic heterocycles. The van der Waals surface area contributed by atoms with Crippen molar-refractivity contribution in [3.63, 3.8) is 0 Å². The highest BCUT2D eigenvalue weighted by Gasteiger charge is 2.38. The Morgan fingerprint density at radius 1 is 1.14 bits per heavy atom. The minimum Gasteiger partial charge on any atom is -0.373 e. The molecule has 4 N–H and O–H groups in total. The quantitative estimate of drug-likeness (QED) is 0.486. The molecule has 1 fully saturated rings. The average Bonchev–Trinajstić information content (AvgIpc) is 3.48. The molecule has 0 bridgehead atoms. The molecule has 0 spiro atoms. The van der Waals surface area contributed by atoms with E-state index in [-0.39, 0.29) is 41.8 Å². The van der Waals surface area contributed by atoms with Gasteiger partial charge in [0.25, 0.3) is 5.91 Å². The Labute approximate surface area is 215 Å². The predicted octanol–water partition coefficient (Wildman–Crippen LogP) is 1.61. The summed E-state index contributed by atoms with van der Waals surface area (Å²) >= 11 is 1.45. The average molecular weight is 511 g/mol. The number of likely N-dealkylation sites (N-methyl/N-ethyl adjacent to an activating group) is 1. The van der Waals surface area contributed by atoms with Crippen molar-refractivity contribution in [1.82, 2.24) is 25.8 Å². The lowest BCUT2D eigenvalue weighted by molar-refractivity contribution is -0.127. The number of fused-ring (bicyclic) bond motifs is 2. The summed E-state index contributed by atoms with van der Waals surface area (Å²) in [6.07, 6.45) is 3.21. The van der Waals surface area contributed by atoms with E-state index < -0.39 is 0 Å². The van der Waals surface area contributed by atoms with E-state index in [4.69, 9.17) is 0 Å². The Bertz CT molecular complexity index is 1180. The van der Waals surface area contributed by atoms with Crippen LogP contribution in [0.5, 0.6) is 0 Å². The SMILES string of the molecule is CNC(=O)[C@H]1CC[C@@H](NC(=O)c2nc3c(s2)CN(C)CC3)[C@@H](NC(=O)C2Cc3cc(C)ccc3N2)C1.